The molecule has 0 fully saturated rings. The summed E-state index contributed by atoms with van der Waals surface area (Å²) in [4.78, 5) is 17.6. The lowest BCUT2D eigenvalue weighted by molar-refractivity contribution is 0.0929. The summed E-state index contributed by atoms with van der Waals surface area (Å²) >= 11 is 0. The van der Waals surface area contributed by atoms with Crippen LogP contribution in [0.15, 0.2) is 66.7 Å². The molecule has 30 heavy (non-hydrogen) atoms. The third-order valence-electron chi connectivity index (χ3n) is 4.71. The molecule has 0 aliphatic heterocycles. The zero-order chi connectivity index (χ0) is 20.9. The summed E-state index contributed by atoms with van der Waals surface area (Å²) < 4.78 is 11.8. The van der Waals surface area contributed by atoms with Gasteiger partial charge in [0.25, 0.3) is 5.91 Å². The molecule has 0 saturated carbocycles. The molecule has 2 aromatic carbocycles. The van der Waals surface area contributed by atoms with E-state index in [1.165, 1.54) is 0 Å². The van der Waals surface area contributed by atoms with E-state index in [4.69, 9.17) is 14.5 Å². The van der Waals surface area contributed by atoms with Gasteiger partial charge in [0.1, 0.15) is 11.4 Å². The van der Waals surface area contributed by atoms with E-state index in [9.17, 15) is 4.79 Å². The number of amides is 1. The van der Waals surface area contributed by atoms with Crippen LogP contribution in [0, 0.1) is 0 Å². The van der Waals surface area contributed by atoms with E-state index < -0.39 is 0 Å². The van der Waals surface area contributed by atoms with E-state index in [1.54, 1.807) is 24.8 Å². The Balaban J connectivity index is 1.81. The molecule has 4 aromatic rings. The van der Waals surface area contributed by atoms with E-state index in [0.29, 0.717) is 30.2 Å². The minimum absolute atomic E-state index is 0.239. The van der Waals surface area contributed by atoms with E-state index in [2.05, 4.69) is 10.4 Å². The molecule has 7 nitrogen and oxygen atoms in total. The molecule has 2 aromatic heterocycles. The molecule has 0 radical (unpaired) electrons. The first-order valence-electron chi connectivity index (χ1n) is 9.57. The normalized spacial score (nSPS) is 10.9. The lowest BCUT2D eigenvalue weighted by Gasteiger charge is -2.09. The third-order valence-corrected chi connectivity index (χ3v) is 4.71. The summed E-state index contributed by atoms with van der Waals surface area (Å²) in [5, 5.41) is 7.50. The SMILES string of the molecule is COCCNC(=O)c1cc(-c2ccc(OC)cc2)nc2cc(-c3ccccc3)nn12. The number of nitrogens with zero attached hydrogens (tertiary/aromatic N) is 3. The number of benzene rings is 2. The second kappa shape index (κ2) is 8.75. The van der Waals surface area contributed by atoms with Crippen molar-refractivity contribution in [3.63, 3.8) is 0 Å². The van der Waals surface area contributed by atoms with Crippen LogP contribution in [-0.4, -0.2) is 47.9 Å². The van der Waals surface area contributed by atoms with Gasteiger partial charge in [-0.15, -0.1) is 0 Å². The highest BCUT2D eigenvalue weighted by atomic mass is 16.5. The number of fused-ring (bicyclic) bond motifs is 1. The number of nitrogens with one attached hydrogen (secondary N) is 1. The van der Waals surface area contributed by atoms with Gasteiger partial charge < -0.3 is 14.8 Å². The Morgan fingerprint density at radius 2 is 1.70 bits per heavy atom. The summed E-state index contributed by atoms with van der Waals surface area (Å²) in [6.07, 6.45) is 0. The van der Waals surface area contributed by atoms with Gasteiger partial charge in [0, 0.05) is 30.8 Å². The van der Waals surface area contributed by atoms with E-state index in [-0.39, 0.29) is 5.91 Å². The highest BCUT2D eigenvalue weighted by molar-refractivity contribution is 5.94. The molecular weight excluding hydrogens is 380 g/mol. The Morgan fingerprint density at radius 1 is 0.967 bits per heavy atom. The lowest BCUT2D eigenvalue weighted by atomic mass is 10.1. The quantitative estimate of drug-likeness (QED) is 0.479. The summed E-state index contributed by atoms with van der Waals surface area (Å²) in [6.45, 7) is 0.837. The van der Waals surface area contributed by atoms with Gasteiger partial charge in [0.15, 0.2) is 5.65 Å². The smallest absolute Gasteiger partial charge is 0.270 e. The van der Waals surface area contributed by atoms with Crippen LogP contribution in [0.3, 0.4) is 0 Å². The second-order valence-electron chi connectivity index (χ2n) is 6.67. The first-order chi connectivity index (χ1) is 14.7. The maximum absolute atomic E-state index is 12.9. The van der Waals surface area contributed by atoms with Gasteiger partial charge in [-0.3, -0.25) is 4.79 Å². The number of carbonyl (C=O) groups excluding carboxylic acids is 1. The number of hydrogen-bond acceptors (Lipinski definition) is 5. The van der Waals surface area contributed by atoms with Gasteiger partial charge in [-0.05, 0) is 30.3 Å². The van der Waals surface area contributed by atoms with Gasteiger partial charge in [-0.2, -0.15) is 5.10 Å². The summed E-state index contributed by atoms with van der Waals surface area (Å²) in [5.41, 5.74) is 4.28. The number of rotatable bonds is 7. The number of hydrogen-bond donors (Lipinski definition) is 1. The molecule has 1 amide bonds. The standard InChI is InChI=1S/C23H22N4O3/c1-29-13-12-24-23(28)21-14-19(17-8-10-18(30-2)11-9-17)25-22-15-20(26-27(21)22)16-6-4-3-5-7-16/h3-11,14-15H,12-13H2,1-2H3,(H,24,28). The van der Waals surface area contributed by atoms with Gasteiger partial charge in [-0.1, -0.05) is 30.3 Å². The first-order valence-corrected chi connectivity index (χ1v) is 9.57. The van der Waals surface area contributed by atoms with Crippen LogP contribution < -0.4 is 10.1 Å². The first kappa shape index (κ1) is 19.6. The minimum atomic E-state index is -0.239. The van der Waals surface area contributed by atoms with Gasteiger partial charge in [0.2, 0.25) is 0 Å². The Morgan fingerprint density at radius 3 is 2.40 bits per heavy atom. The van der Waals surface area contributed by atoms with Crippen LogP contribution in [0.25, 0.3) is 28.2 Å². The Bertz CT molecular complexity index is 1150. The zero-order valence-electron chi connectivity index (χ0n) is 16.8. The molecule has 0 atom stereocenters. The second-order valence-corrected chi connectivity index (χ2v) is 6.67. The average Bonchev–Trinajstić information content (AvgIpc) is 3.23. The van der Waals surface area contributed by atoms with Gasteiger partial charge >= 0.3 is 0 Å². The van der Waals surface area contributed by atoms with E-state index in [0.717, 1.165) is 22.6 Å². The fourth-order valence-corrected chi connectivity index (χ4v) is 3.15. The van der Waals surface area contributed by atoms with Crippen molar-refractivity contribution in [2.24, 2.45) is 0 Å². The molecule has 2 heterocycles. The largest absolute Gasteiger partial charge is 0.497 e. The van der Waals surface area contributed by atoms with Crippen LogP contribution >= 0.6 is 0 Å². The lowest BCUT2D eigenvalue weighted by Crippen LogP contribution is -2.29. The Labute approximate surface area is 174 Å². The Hall–Kier alpha value is -3.71. The van der Waals surface area contributed by atoms with Crippen LogP contribution in [-0.2, 0) is 4.74 Å². The fraction of sp³-hybridized carbons (Fsp3) is 0.174. The van der Waals surface area contributed by atoms with Crippen molar-refractivity contribution < 1.29 is 14.3 Å². The Kier molecular flexibility index (Phi) is 5.72. The maximum Gasteiger partial charge on any atom is 0.270 e. The van der Waals surface area contributed by atoms with Crippen molar-refractivity contribution in [3.8, 4) is 28.3 Å². The van der Waals surface area contributed by atoms with Crippen molar-refractivity contribution in [2.75, 3.05) is 27.4 Å². The molecule has 4 rings (SSSR count). The molecule has 1 N–H and O–H groups in total. The molecule has 0 saturated heterocycles. The molecule has 7 heteroatoms. The molecule has 152 valence electrons. The summed E-state index contributed by atoms with van der Waals surface area (Å²) in [7, 11) is 3.22. The highest BCUT2D eigenvalue weighted by Crippen LogP contribution is 2.25. The zero-order valence-corrected chi connectivity index (χ0v) is 16.8. The van der Waals surface area contributed by atoms with Gasteiger partial charge in [0.05, 0.1) is 25.1 Å². The van der Waals surface area contributed by atoms with Crippen LogP contribution in [0.2, 0.25) is 0 Å². The van der Waals surface area contributed by atoms with Crippen LogP contribution in [0.5, 0.6) is 5.75 Å². The molecule has 0 spiro atoms. The van der Waals surface area contributed by atoms with Crippen molar-refractivity contribution in [1.82, 2.24) is 19.9 Å². The molecular formula is C23H22N4O3. The molecule has 0 aliphatic rings. The predicted octanol–water partition coefficient (Wildman–Crippen LogP) is 3.45. The number of aromatic nitrogens is 3. The van der Waals surface area contributed by atoms with Gasteiger partial charge in [-0.25, -0.2) is 9.50 Å². The summed E-state index contributed by atoms with van der Waals surface area (Å²) in [6, 6.07) is 21.0. The number of carbonyl (C=O) groups is 1. The number of methoxy groups -OCH3 is 2. The molecule has 0 bridgehead atoms. The predicted molar refractivity (Wildman–Crippen MR) is 115 cm³/mol. The minimum Gasteiger partial charge on any atom is -0.497 e. The number of ether oxygens (including phenoxy) is 2. The van der Waals surface area contributed by atoms with Crippen molar-refractivity contribution >= 4 is 11.6 Å². The van der Waals surface area contributed by atoms with Crippen molar-refractivity contribution in [1.29, 1.82) is 0 Å². The topological polar surface area (TPSA) is 77.8 Å². The third kappa shape index (κ3) is 4.01. The van der Waals surface area contributed by atoms with Crippen LogP contribution in [0.1, 0.15) is 10.5 Å². The molecule has 0 unspecified atom stereocenters. The monoisotopic (exact) mass is 402 g/mol. The van der Waals surface area contributed by atoms with E-state index in [1.807, 2.05) is 60.7 Å². The maximum atomic E-state index is 12.9. The van der Waals surface area contributed by atoms with E-state index >= 15 is 0 Å². The fourth-order valence-electron chi connectivity index (χ4n) is 3.15. The van der Waals surface area contributed by atoms with Crippen LogP contribution in [0.4, 0.5) is 0 Å². The summed E-state index contributed by atoms with van der Waals surface area (Å²) in [5.74, 6) is 0.519. The van der Waals surface area contributed by atoms with Crippen molar-refractivity contribution in [2.45, 2.75) is 0 Å². The highest BCUT2D eigenvalue weighted by Gasteiger charge is 2.17. The van der Waals surface area contributed by atoms with Crippen molar-refractivity contribution in [3.05, 3.63) is 72.4 Å². The molecule has 0 aliphatic carbocycles. The average molecular weight is 402 g/mol.